The molecular formula is C28H56O2. The molecule has 0 fully saturated rings. The van der Waals surface area contributed by atoms with Gasteiger partial charge < -0.3 is 4.74 Å². The van der Waals surface area contributed by atoms with Crippen molar-refractivity contribution < 1.29 is 9.53 Å². The second-order valence-corrected chi connectivity index (χ2v) is 9.56. The lowest BCUT2D eigenvalue weighted by Crippen LogP contribution is -2.14. The van der Waals surface area contributed by atoms with Crippen LogP contribution in [0.15, 0.2) is 0 Å². The maximum absolute atomic E-state index is 11.9. The zero-order valence-electron chi connectivity index (χ0n) is 21.2. The lowest BCUT2D eigenvalue weighted by Gasteiger charge is -2.13. The molecule has 180 valence electrons. The Bertz CT molecular complexity index is 340. The van der Waals surface area contributed by atoms with Gasteiger partial charge in [0.2, 0.25) is 0 Å². The van der Waals surface area contributed by atoms with E-state index in [9.17, 15) is 4.79 Å². The van der Waals surface area contributed by atoms with E-state index in [4.69, 9.17) is 4.74 Å². The van der Waals surface area contributed by atoms with E-state index in [0.29, 0.717) is 6.42 Å². The Hall–Kier alpha value is -0.530. The molecule has 0 aliphatic carbocycles. The van der Waals surface area contributed by atoms with E-state index < -0.39 is 0 Å². The first kappa shape index (κ1) is 29.5. The van der Waals surface area contributed by atoms with Gasteiger partial charge in [-0.2, -0.15) is 0 Å². The molecule has 0 bridgehead atoms. The van der Waals surface area contributed by atoms with Crippen LogP contribution >= 0.6 is 0 Å². The third kappa shape index (κ3) is 23.7. The fourth-order valence-electron chi connectivity index (χ4n) is 4.20. The zero-order chi connectivity index (χ0) is 22.1. The molecule has 1 atom stereocenters. The van der Waals surface area contributed by atoms with Gasteiger partial charge in [-0.05, 0) is 26.2 Å². The Morgan fingerprint density at radius 1 is 0.533 bits per heavy atom. The zero-order valence-corrected chi connectivity index (χ0v) is 21.2. The van der Waals surface area contributed by atoms with Crippen molar-refractivity contribution in [2.75, 3.05) is 0 Å². The van der Waals surface area contributed by atoms with Gasteiger partial charge in [-0.25, -0.2) is 0 Å². The lowest BCUT2D eigenvalue weighted by atomic mass is 10.0. The van der Waals surface area contributed by atoms with E-state index in [1.54, 1.807) is 0 Å². The smallest absolute Gasteiger partial charge is 0.306 e. The van der Waals surface area contributed by atoms with Crippen LogP contribution in [0.4, 0.5) is 0 Å². The summed E-state index contributed by atoms with van der Waals surface area (Å²) in [6.07, 6.45) is 29.9. The third-order valence-electron chi connectivity index (χ3n) is 6.28. The molecule has 0 amide bonds. The van der Waals surface area contributed by atoms with Gasteiger partial charge in [0.05, 0.1) is 6.10 Å². The summed E-state index contributed by atoms with van der Waals surface area (Å²) in [6.45, 7) is 6.59. The lowest BCUT2D eigenvalue weighted by molar-refractivity contribution is -0.148. The van der Waals surface area contributed by atoms with Crippen molar-refractivity contribution in [1.82, 2.24) is 0 Å². The van der Waals surface area contributed by atoms with Gasteiger partial charge in [0, 0.05) is 6.42 Å². The molecule has 0 saturated carbocycles. The van der Waals surface area contributed by atoms with E-state index >= 15 is 0 Å². The summed E-state index contributed by atoms with van der Waals surface area (Å²) in [5.74, 6) is 0.0168. The number of rotatable bonds is 24. The fraction of sp³-hybridized carbons (Fsp3) is 0.964. The van der Waals surface area contributed by atoms with Crippen LogP contribution in [0.3, 0.4) is 0 Å². The third-order valence-corrected chi connectivity index (χ3v) is 6.28. The van der Waals surface area contributed by atoms with E-state index in [-0.39, 0.29) is 12.1 Å². The summed E-state index contributed by atoms with van der Waals surface area (Å²) in [4.78, 5) is 11.9. The summed E-state index contributed by atoms with van der Waals surface area (Å²) in [7, 11) is 0. The Kier molecular flexibility index (Phi) is 24.3. The first-order valence-corrected chi connectivity index (χ1v) is 13.9. The number of hydrogen-bond acceptors (Lipinski definition) is 2. The molecule has 0 aliphatic rings. The Morgan fingerprint density at radius 2 is 0.867 bits per heavy atom. The van der Waals surface area contributed by atoms with E-state index in [1.165, 1.54) is 128 Å². The predicted octanol–water partition coefficient (Wildman–Crippen LogP) is 9.93. The molecule has 0 aliphatic heterocycles. The molecule has 0 radical (unpaired) electrons. The minimum Gasteiger partial charge on any atom is -0.463 e. The molecule has 0 rings (SSSR count). The van der Waals surface area contributed by atoms with Crippen LogP contribution in [-0.4, -0.2) is 12.1 Å². The summed E-state index contributed by atoms with van der Waals surface area (Å²) in [6, 6.07) is 0. The number of carbonyl (C=O) groups is 1. The highest BCUT2D eigenvalue weighted by atomic mass is 16.5. The summed E-state index contributed by atoms with van der Waals surface area (Å²) < 4.78 is 5.56. The first-order valence-electron chi connectivity index (χ1n) is 13.9. The average molecular weight is 425 g/mol. The van der Waals surface area contributed by atoms with Crippen molar-refractivity contribution >= 4 is 5.97 Å². The Labute approximate surface area is 190 Å². The van der Waals surface area contributed by atoms with Gasteiger partial charge in [0.1, 0.15) is 0 Å². The van der Waals surface area contributed by atoms with E-state index in [1.807, 2.05) is 0 Å². The normalized spacial score (nSPS) is 12.2. The van der Waals surface area contributed by atoms with Crippen molar-refractivity contribution in [2.45, 2.75) is 175 Å². The van der Waals surface area contributed by atoms with Crippen molar-refractivity contribution in [3.63, 3.8) is 0 Å². The van der Waals surface area contributed by atoms with Gasteiger partial charge in [-0.15, -0.1) is 0 Å². The number of carbonyl (C=O) groups excluding carboxylic acids is 1. The molecule has 30 heavy (non-hydrogen) atoms. The Morgan fingerprint density at radius 3 is 1.27 bits per heavy atom. The largest absolute Gasteiger partial charge is 0.463 e. The topological polar surface area (TPSA) is 26.3 Å². The van der Waals surface area contributed by atoms with Crippen LogP contribution in [0.1, 0.15) is 168 Å². The van der Waals surface area contributed by atoms with Crippen LogP contribution in [0.2, 0.25) is 0 Å². The highest BCUT2D eigenvalue weighted by molar-refractivity contribution is 5.69. The number of unbranched alkanes of at least 4 members (excludes halogenated alkanes) is 19. The maximum atomic E-state index is 11.9. The van der Waals surface area contributed by atoms with Crippen molar-refractivity contribution in [2.24, 2.45) is 0 Å². The molecule has 0 spiro atoms. The summed E-state index contributed by atoms with van der Waals surface area (Å²) in [5, 5.41) is 0. The van der Waals surface area contributed by atoms with Crippen LogP contribution in [-0.2, 0) is 9.53 Å². The molecule has 0 N–H and O–H groups in total. The molecule has 0 unspecified atom stereocenters. The fourth-order valence-corrected chi connectivity index (χ4v) is 4.20. The van der Waals surface area contributed by atoms with Gasteiger partial charge in [-0.1, -0.05) is 136 Å². The average Bonchev–Trinajstić information content (AvgIpc) is 2.73. The highest BCUT2D eigenvalue weighted by Crippen LogP contribution is 2.15. The summed E-state index contributed by atoms with van der Waals surface area (Å²) in [5.41, 5.74) is 0. The molecule has 2 heteroatoms. The SMILES string of the molecule is CCCCCCCCCCCCCCCCCC(=O)O[C@H](C)CCCCCCCC. The molecule has 0 heterocycles. The monoisotopic (exact) mass is 424 g/mol. The number of hydrogen-bond donors (Lipinski definition) is 0. The standard InChI is InChI=1S/C28H56O2/c1-4-6-8-10-12-13-14-15-16-17-18-19-20-22-24-26-28(29)30-27(3)25-23-21-11-9-7-5-2/h27H,4-26H2,1-3H3/t27-/m1/s1. The first-order chi connectivity index (χ1) is 14.7. The van der Waals surface area contributed by atoms with Crippen LogP contribution < -0.4 is 0 Å². The molecule has 0 saturated heterocycles. The minimum absolute atomic E-state index is 0.0168. The second-order valence-electron chi connectivity index (χ2n) is 9.56. The predicted molar refractivity (Wildman–Crippen MR) is 133 cm³/mol. The number of ether oxygens (including phenoxy) is 1. The highest BCUT2D eigenvalue weighted by Gasteiger charge is 2.09. The van der Waals surface area contributed by atoms with Crippen molar-refractivity contribution in [3.05, 3.63) is 0 Å². The van der Waals surface area contributed by atoms with Gasteiger partial charge >= 0.3 is 5.97 Å². The quantitative estimate of drug-likeness (QED) is 0.114. The molecular weight excluding hydrogens is 368 g/mol. The van der Waals surface area contributed by atoms with Gasteiger partial charge in [-0.3, -0.25) is 4.79 Å². The maximum Gasteiger partial charge on any atom is 0.306 e. The number of esters is 1. The minimum atomic E-state index is 0.0168. The second kappa shape index (κ2) is 24.7. The van der Waals surface area contributed by atoms with Gasteiger partial charge in [0.15, 0.2) is 0 Å². The van der Waals surface area contributed by atoms with E-state index in [2.05, 4.69) is 20.8 Å². The molecule has 0 aromatic rings. The van der Waals surface area contributed by atoms with Crippen LogP contribution in [0, 0.1) is 0 Å². The summed E-state index contributed by atoms with van der Waals surface area (Å²) >= 11 is 0. The molecule has 0 aromatic heterocycles. The van der Waals surface area contributed by atoms with Crippen molar-refractivity contribution in [1.29, 1.82) is 0 Å². The van der Waals surface area contributed by atoms with Crippen molar-refractivity contribution in [3.8, 4) is 0 Å². The molecule has 0 aromatic carbocycles. The molecule has 2 nitrogen and oxygen atoms in total. The van der Waals surface area contributed by atoms with Gasteiger partial charge in [0.25, 0.3) is 0 Å². The van der Waals surface area contributed by atoms with Crippen LogP contribution in [0.5, 0.6) is 0 Å². The Balaban J connectivity index is 3.25. The van der Waals surface area contributed by atoms with Crippen LogP contribution in [0.25, 0.3) is 0 Å². The van der Waals surface area contributed by atoms with E-state index in [0.717, 1.165) is 12.8 Å².